The molecule has 0 saturated carbocycles. The van der Waals surface area contributed by atoms with Crippen molar-refractivity contribution in [1.29, 1.82) is 0 Å². The molecule has 2 N–H and O–H groups in total. The van der Waals surface area contributed by atoms with Crippen LogP contribution in [0.25, 0.3) is 10.4 Å². The van der Waals surface area contributed by atoms with E-state index in [4.69, 9.17) is 20.7 Å². The number of esters is 1. The number of carbonyl (C=O) groups excluding carboxylic acids is 1. The highest BCUT2D eigenvalue weighted by atomic mass is 19.1. The molecular formula is C15H21FN6O4. The Morgan fingerprint density at radius 1 is 1.65 bits per heavy atom. The van der Waals surface area contributed by atoms with Gasteiger partial charge in [0, 0.05) is 17.0 Å². The van der Waals surface area contributed by atoms with Crippen LogP contribution in [0.2, 0.25) is 0 Å². The molecule has 2 heterocycles. The summed E-state index contributed by atoms with van der Waals surface area (Å²) >= 11 is 0. The molecule has 0 radical (unpaired) electrons. The van der Waals surface area contributed by atoms with Gasteiger partial charge in [0.15, 0.2) is 12.4 Å². The zero-order valence-corrected chi connectivity index (χ0v) is 14.7. The molecule has 1 aromatic rings. The molecule has 0 aromatic carbocycles. The summed E-state index contributed by atoms with van der Waals surface area (Å²) < 4.78 is 26.9. The van der Waals surface area contributed by atoms with E-state index in [0.717, 1.165) is 4.57 Å². The summed E-state index contributed by atoms with van der Waals surface area (Å²) in [7, 11) is 0. The first-order chi connectivity index (χ1) is 12.2. The molecule has 142 valence electrons. The van der Waals surface area contributed by atoms with Crippen molar-refractivity contribution >= 4 is 11.8 Å². The lowest BCUT2D eigenvalue weighted by Gasteiger charge is -2.31. The van der Waals surface area contributed by atoms with Crippen LogP contribution in [-0.2, 0) is 14.3 Å². The van der Waals surface area contributed by atoms with Crippen LogP contribution in [0.4, 0.5) is 10.2 Å². The van der Waals surface area contributed by atoms with Crippen LogP contribution in [0.3, 0.4) is 0 Å². The molecule has 26 heavy (non-hydrogen) atoms. The SMILES string of the molecule is CC(C)C(=O)OC[C@@]1(CN=[N+]=[N-])O[C@@H](n2ccc(N)nc2=O)[C@H](F)[C@@H]1C. The molecule has 10 nitrogen and oxygen atoms in total. The zero-order chi connectivity index (χ0) is 19.5. The van der Waals surface area contributed by atoms with Crippen molar-refractivity contribution < 1.29 is 18.7 Å². The van der Waals surface area contributed by atoms with Crippen molar-refractivity contribution in [2.75, 3.05) is 18.9 Å². The van der Waals surface area contributed by atoms with Gasteiger partial charge in [0.1, 0.15) is 18.0 Å². The number of nitrogens with two attached hydrogens (primary N) is 1. The van der Waals surface area contributed by atoms with Crippen LogP contribution in [0, 0.1) is 11.8 Å². The Labute approximate surface area is 148 Å². The van der Waals surface area contributed by atoms with Crippen molar-refractivity contribution in [3.8, 4) is 0 Å². The maximum absolute atomic E-state index is 14.9. The number of hydrogen-bond donors (Lipinski definition) is 1. The van der Waals surface area contributed by atoms with Gasteiger partial charge in [-0.1, -0.05) is 25.9 Å². The normalized spacial score (nSPS) is 28.0. The molecule has 1 fully saturated rings. The van der Waals surface area contributed by atoms with Crippen molar-refractivity contribution in [1.82, 2.24) is 9.55 Å². The minimum atomic E-state index is -1.62. The number of rotatable bonds is 6. The Hall–Kier alpha value is -2.65. The van der Waals surface area contributed by atoms with Gasteiger partial charge in [-0.3, -0.25) is 9.36 Å². The van der Waals surface area contributed by atoms with Gasteiger partial charge >= 0.3 is 11.7 Å². The lowest BCUT2D eigenvalue weighted by atomic mass is 9.88. The van der Waals surface area contributed by atoms with Gasteiger partial charge in [0.2, 0.25) is 0 Å². The van der Waals surface area contributed by atoms with Gasteiger partial charge in [-0.15, -0.1) is 0 Å². The molecular weight excluding hydrogens is 347 g/mol. The fraction of sp³-hybridized carbons (Fsp3) is 0.667. The first-order valence-electron chi connectivity index (χ1n) is 8.06. The summed E-state index contributed by atoms with van der Waals surface area (Å²) in [5, 5.41) is 3.47. The molecule has 0 spiro atoms. The summed E-state index contributed by atoms with van der Waals surface area (Å²) in [5.41, 5.74) is 11.9. The molecule has 1 aliphatic rings. The third-order valence-electron chi connectivity index (χ3n) is 4.39. The summed E-state index contributed by atoms with van der Waals surface area (Å²) in [6.45, 7) is 4.28. The van der Waals surface area contributed by atoms with E-state index in [2.05, 4.69) is 15.0 Å². The highest BCUT2D eigenvalue weighted by molar-refractivity contribution is 5.71. The average molecular weight is 368 g/mol. The number of carbonyl (C=O) groups is 1. The fourth-order valence-corrected chi connectivity index (χ4v) is 2.68. The Bertz CT molecular complexity index is 778. The van der Waals surface area contributed by atoms with Gasteiger partial charge < -0.3 is 15.2 Å². The zero-order valence-electron chi connectivity index (χ0n) is 14.7. The molecule has 0 amide bonds. The number of alkyl halides is 1. The number of azide groups is 1. The van der Waals surface area contributed by atoms with Crippen molar-refractivity contribution in [2.24, 2.45) is 17.0 Å². The van der Waals surface area contributed by atoms with Crippen LogP contribution < -0.4 is 11.4 Å². The number of ether oxygens (including phenoxy) is 2. The van der Waals surface area contributed by atoms with E-state index >= 15 is 0 Å². The second-order valence-corrected chi connectivity index (χ2v) is 6.50. The molecule has 1 aliphatic heterocycles. The van der Waals surface area contributed by atoms with Crippen molar-refractivity contribution in [2.45, 2.75) is 38.8 Å². The van der Waals surface area contributed by atoms with E-state index in [1.807, 2.05) is 0 Å². The van der Waals surface area contributed by atoms with Crippen LogP contribution >= 0.6 is 0 Å². The first kappa shape index (κ1) is 19.7. The molecule has 1 saturated heterocycles. The number of anilines is 1. The maximum Gasteiger partial charge on any atom is 0.351 e. The van der Waals surface area contributed by atoms with Crippen LogP contribution in [0.15, 0.2) is 22.2 Å². The third-order valence-corrected chi connectivity index (χ3v) is 4.39. The molecule has 1 aromatic heterocycles. The monoisotopic (exact) mass is 368 g/mol. The van der Waals surface area contributed by atoms with Gasteiger partial charge in [-0.2, -0.15) is 4.98 Å². The van der Waals surface area contributed by atoms with E-state index in [1.165, 1.54) is 19.2 Å². The molecule has 2 rings (SSSR count). The third kappa shape index (κ3) is 3.78. The number of aromatic nitrogens is 2. The summed E-state index contributed by atoms with van der Waals surface area (Å²) in [5.74, 6) is -1.70. The lowest BCUT2D eigenvalue weighted by molar-refractivity contribution is -0.163. The second kappa shape index (κ2) is 7.71. The van der Waals surface area contributed by atoms with E-state index < -0.39 is 35.6 Å². The van der Waals surface area contributed by atoms with Crippen LogP contribution in [-0.4, -0.2) is 40.4 Å². The van der Waals surface area contributed by atoms with E-state index in [-0.39, 0.29) is 24.9 Å². The largest absolute Gasteiger partial charge is 0.462 e. The summed E-state index contributed by atoms with van der Waals surface area (Å²) in [4.78, 5) is 30.0. The number of nitrogens with zero attached hydrogens (tertiary/aromatic N) is 5. The number of nitrogen functional groups attached to an aromatic ring is 1. The first-order valence-corrected chi connectivity index (χ1v) is 8.06. The van der Waals surface area contributed by atoms with E-state index in [0.29, 0.717) is 0 Å². The molecule has 11 heteroatoms. The van der Waals surface area contributed by atoms with Gasteiger partial charge in [-0.05, 0) is 11.6 Å². The Balaban J connectivity index is 2.34. The average Bonchev–Trinajstić information content (AvgIpc) is 2.83. The Kier molecular flexibility index (Phi) is 5.83. The van der Waals surface area contributed by atoms with E-state index in [1.54, 1.807) is 13.8 Å². The number of hydrogen-bond acceptors (Lipinski definition) is 7. The predicted octanol–water partition coefficient (Wildman–Crippen LogP) is 1.58. The molecule has 0 bridgehead atoms. The highest BCUT2D eigenvalue weighted by Gasteiger charge is 2.54. The quantitative estimate of drug-likeness (QED) is 0.349. The smallest absolute Gasteiger partial charge is 0.351 e. The lowest BCUT2D eigenvalue weighted by Crippen LogP contribution is -2.45. The standard InChI is InChI=1S/C15H21FN6O4/c1-8(2)13(23)25-7-15(6-19-21-18)9(3)11(16)12(26-15)22-5-4-10(17)20-14(22)24/h4-5,8-9,11-12H,6-7H2,1-3H3,(H2,17,20,24)/t9-,11+,12+,15+/m0/s1. The minimum absolute atomic E-state index is 0.00101. The maximum atomic E-state index is 14.9. The Morgan fingerprint density at radius 3 is 2.92 bits per heavy atom. The van der Waals surface area contributed by atoms with Gasteiger partial charge in [0.25, 0.3) is 0 Å². The highest BCUT2D eigenvalue weighted by Crippen LogP contribution is 2.43. The number of halogens is 1. The van der Waals surface area contributed by atoms with Crippen LogP contribution in [0.1, 0.15) is 27.0 Å². The minimum Gasteiger partial charge on any atom is -0.462 e. The Morgan fingerprint density at radius 2 is 2.35 bits per heavy atom. The molecule has 0 unspecified atom stereocenters. The summed E-state index contributed by atoms with van der Waals surface area (Å²) in [6.07, 6.45) is -1.65. The predicted molar refractivity (Wildman–Crippen MR) is 89.6 cm³/mol. The topological polar surface area (TPSA) is 145 Å². The summed E-state index contributed by atoms with van der Waals surface area (Å²) in [6, 6.07) is 1.34. The molecule has 0 aliphatic carbocycles. The van der Waals surface area contributed by atoms with Gasteiger partial charge in [-0.25, -0.2) is 9.18 Å². The van der Waals surface area contributed by atoms with Crippen molar-refractivity contribution in [3.63, 3.8) is 0 Å². The van der Waals surface area contributed by atoms with Crippen LogP contribution in [0.5, 0.6) is 0 Å². The fourth-order valence-electron chi connectivity index (χ4n) is 2.68. The molecule has 4 atom stereocenters. The van der Waals surface area contributed by atoms with E-state index in [9.17, 15) is 14.0 Å². The van der Waals surface area contributed by atoms with Crippen molar-refractivity contribution in [3.05, 3.63) is 33.2 Å². The van der Waals surface area contributed by atoms with Gasteiger partial charge in [0.05, 0.1) is 12.5 Å². The second-order valence-electron chi connectivity index (χ2n) is 6.50.